The van der Waals surface area contributed by atoms with Gasteiger partial charge in [-0.15, -0.1) is 0 Å². The molecule has 1 aromatic heterocycles. The van der Waals surface area contributed by atoms with Gasteiger partial charge in [-0.25, -0.2) is 4.98 Å². The number of piperidine rings is 1. The van der Waals surface area contributed by atoms with Crippen LogP contribution in [-0.2, 0) is 6.54 Å². The molecule has 0 aliphatic carbocycles. The fourth-order valence-corrected chi connectivity index (χ4v) is 4.68. The quantitative estimate of drug-likeness (QED) is 0.883. The first kappa shape index (κ1) is 18.7. The van der Waals surface area contributed by atoms with E-state index >= 15 is 0 Å². The second-order valence-corrected chi connectivity index (χ2v) is 8.11. The average Bonchev–Trinajstić information content (AvgIpc) is 3.10. The summed E-state index contributed by atoms with van der Waals surface area (Å²) < 4.78 is 5.35. The Labute approximate surface area is 166 Å². The molecule has 2 N–H and O–H groups in total. The topological polar surface area (TPSA) is 71.7 Å². The van der Waals surface area contributed by atoms with Gasteiger partial charge in [-0.3, -0.25) is 9.69 Å². The van der Waals surface area contributed by atoms with Crippen LogP contribution in [0.1, 0.15) is 35.2 Å². The minimum absolute atomic E-state index is 0.0656. The summed E-state index contributed by atoms with van der Waals surface area (Å²) in [4.78, 5) is 21.4. The third-order valence-electron chi connectivity index (χ3n) is 6.03. The Bertz CT molecular complexity index is 856. The van der Waals surface area contributed by atoms with Gasteiger partial charge in [0, 0.05) is 43.4 Å². The van der Waals surface area contributed by atoms with Gasteiger partial charge in [-0.2, -0.15) is 0 Å². The molecule has 0 radical (unpaired) electrons. The Balaban J connectivity index is 1.42. The molecule has 148 valence electrons. The zero-order valence-electron chi connectivity index (χ0n) is 16.4. The first-order valence-electron chi connectivity index (χ1n) is 9.93. The molecule has 2 saturated heterocycles. The Morgan fingerprint density at radius 2 is 2.11 bits per heavy atom. The van der Waals surface area contributed by atoms with Crippen LogP contribution in [-0.4, -0.2) is 54.0 Å². The van der Waals surface area contributed by atoms with Gasteiger partial charge in [0.15, 0.2) is 0 Å². The highest BCUT2D eigenvalue weighted by molar-refractivity contribution is 5.95. The van der Waals surface area contributed by atoms with E-state index in [-0.39, 0.29) is 11.3 Å². The number of nitrogens with two attached hydrogens (primary N) is 1. The van der Waals surface area contributed by atoms with Crippen molar-refractivity contribution in [3.8, 4) is 5.75 Å². The van der Waals surface area contributed by atoms with Crippen LogP contribution in [0, 0.1) is 5.41 Å². The minimum Gasteiger partial charge on any atom is -0.497 e. The molecule has 3 heterocycles. The molecule has 0 bridgehead atoms. The predicted molar refractivity (Wildman–Crippen MR) is 109 cm³/mol. The monoisotopic (exact) mass is 380 g/mol. The molecule has 2 aliphatic rings. The molecule has 4 rings (SSSR count). The van der Waals surface area contributed by atoms with Crippen molar-refractivity contribution in [1.29, 1.82) is 0 Å². The van der Waals surface area contributed by atoms with Gasteiger partial charge in [0.25, 0.3) is 5.91 Å². The van der Waals surface area contributed by atoms with Crippen LogP contribution in [0.3, 0.4) is 0 Å². The number of carbonyl (C=O) groups is 1. The van der Waals surface area contributed by atoms with Crippen LogP contribution >= 0.6 is 0 Å². The normalized spacial score (nSPS) is 22.5. The van der Waals surface area contributed by atoms with E-state index in [0.717, 1.165) is 44.9 Å². The molecule has 1 amide bonds. The number of carbonyl (C=O) groups excluding carboxylic acids is 1. The van der Waals surface area contributed by atoms with Crippen molar-refractivity contribution in [2.75, 3.05) is 39.0 Å². The van der Waals surface area contributed by atoms with E-state index in [0.29, 0.717) is 11.4 Å². The lowest BCUT2D eigenvalue weighted by Crippen LogP contribution is -2.45. The summed E-state index contributed by atoms with van der Waals surface area (Å²) >= 11 is 0. The van der Waals surface area contributed by atoms with Gasteiger partial charge < -0.3 is 15.4 Å². The number of aromatic nitrogens is 1. The van der Waals surface area contributed by atoms with E-state index in [4.69, 9.17) is 10.5 Å². The Kier molecular flexibility index (Phi) is 5.22. The summed E-state index contributed by atoms with van der Waals surface area (Å²) in [6.07, 6.45) is 5.02. The Hall–Kier alpha value is -2.60. The fraction of sp³-hybridized carbons (Fsp3) is 0.455. The fourth-order valence-electron chi connectivity index (χ4n) is 4.68. The van der Waals surface area contributed by atoms with Crippen LogP contribution in [0.2, 0.25) is 0 Å². The molecule has 1 spiro atoms. The van der Waals surface area contributed by atoms with Crippen molar-refractivity contribution in [3.63, 3.8) is 0 Å². The lowest BCUT2D eigenvalue weighted by Gasteiger charge is -2.40. The van der Waals surface area contributed by atoms with Gasteiger partial charge in [-0.05, 0) is 55.6 Å². The number of ether oxygens (including phenoxy) is 1. The largest absolute Gasteiger partial charge is 0.497 e. The number of hydrogen-bond acceptors (Lipinski definition) is 5. The predicted octanol–water partition coefficient (Wildman–Crippen LogP) is 2.80. The first-order chi connectivity index (χ1) is 13.6. The number of anilines is 1. The highest BCUT2D eigenvalue weighted by atomic mass is 16.5. The Morgan fingerprint density at radius 1 is 1.21 bits per heavy atom. The van der Waals surface area contributed by atoms with E-state index in [9.17, 15) is 4.79 Å². The third kappa shape index (κ3) is 3.97. The number of likely N-dealkylation sites (tertiary alicyclic amines) is 2. The maximum absolute atomic E-state index is 12.9. The van der Waals surface area contributed by atoms with Crippen LogP contribution in [0.4, 0.5) is 5.82 Å². The summed E-state index contributed by atoms with van der Waals surface area (Å²) in [6.45, 7) is 4.70. The number of methoxy groups -OCH3 is 1. The summed E-state index contributed by atoms with van der Waals surface area (Å²) in [5, 5.41) is 0. The summed E-state index contributed by atoms with van der Waals surface area (Å²) in [6, 6.07) is 11.7. The van der Waals surface area contributed by atoms with Crippen LogP contribution in [0.15, 0.2) is 42.6 Å². The number of hydrogen-bond donors (Lipinski definition) is 1. The van der Waals surface area contributed by atoms with Crippen molar-refractivity contribution < 1.29 is 9.53 Å². The standard InChI is InChI=1S/C22H28N4O2/c1-28-19-5-2-4-17(12-19)14-25-10-3-7-22(15-25)8-11-26(16-22)21(27)18-6-9-24-20(23)13-18/h2,4-6,9,12-13H,3,7-8,10-11,14-16H2,1H3,(H2,23,24). The average molecular weight is 380 g/mol. The smallest absolute Gasteiger partial charge is 0.254 e. The second kappa shape index (κ2) is 7.80. The number of pyridine rings is 1. The molecule has 2 aromatic rings. The zero-order chi connectivity index (χ0) is 19.6. The summed E-state index contributed by atoms with van der Waals surface area (Å²) in [5.41, 5.74) is 7.85. The van der Waals surface area contributed by atoms with E-state index in [1.807, 2.05) is 17.0 Å². The van der Waals surface area contributed by atoms with Gasteiger partial charge in [0.05, 0.1) is 7.11 Å². The molecule has 2 fully saturated rings. The van der Waals surface area contributed by atoms with Gasteiger partial charge in [-0.1, -0.05) is 12.1 Å². The van der Waals surface area contributed by atoms with Gasteiger partial charge in [0.1, 0.15) is 11.6 Å². The molecule has 6 nitrogen and oxygen atoms in total. The first-order valence-corrected chi connectivity index (χ1v) is 9.93. The van der Waals surface area contributed by atoms with Crippen LogP contribution in [0.25, 0.3) is 0 Å². The second-order valence-electron chi connectivity index (χ2n) is 8.11. The molecule has 1 atom stereocenters. The molecule has 6 heteroatoms. The molecule has 0 saturated carbocycles. The molecule has 1 aromatic carbocycles. The van der Waals surface area contributed by atoms with Crippen molar-refractivity contribution in [1.82, 2.24) is 14.8 Å². The SMILES string of the molecule is COc1cccc(CN2CCCC3(CCN(C(=O)c4ccnc(N)c4)C3)C2)c1. The number of nitrogens with zero attached hydrogens (tertiary/aromatic N) is 3. The molecular formula is C22H28N4O2. The highest BCUT2D eigenvalue weighted by Gasteiger charge is 2.42. The maximum Gasteiger partial charge on any atom is 0.254 e. The van der Waals surface area contributed by atoms with Crippen molar-refractivity contribution in [2.45, 2.75) is 25.8 Å². The molecule has 2 aliphatic heterocycles. The van der Waals surface area contributed by atoms with Crippen molar-refractivity contribution >= 4 is 11.7 Å². The van der Waals surface area contributed by atoms with E-state index < -0.39 is 0 Å². The van der Waals surface area contributed by atoms with Gasteiger partial charge in [0.2, 0.25) is 0 Å². The molecule has 28 heavy (non-hydrogen) atoms. The number of rotatable bonds is 4. The van der Waals surface area contributed by atoms with Crippen molar-refractivity contribution in [3.05, 3.63) is 53.7 Å². The lowest BCUT2D eigenvalue weighted by atomic mass is 9.79. The van der Waals surface area contributed by atoms with Crippen LogP contribution in [0.5, 0.6) is 5.75 Å². The summed E-state index contributed by atoms with van der Waals surface area (Å²) in [7, 11) is 1.70. The Morgan fingerprint density at radius 3 is 2.93 bits per heavy atom. The minimum atomic E-state index is 0.0656. The number of nitrogen functional groups attached to an aromatic ring is 1. The molecular weight excluding hydrogens is 352 g/mol. The number of amides is 1. The van der Waals surface area contributed by atoms with E-state index in [1.54, 1.807) is 25.4 Å². The van der Waals surface area contributed by atoms with E-state index in [1.165, 1.54) is 18.4 Å². The van der Waals surface area contributed by atoms with Crippen molar-refractivity contribution in [2.24, 2.45) is 5.41 Å². The summed E-state index contributed by atoms with van der Waals surface area (Å²) in [5.74, 6) is 1.36. The third-order valence-corrected chi connectivity index (χ3v) is 6.03. The van der Waals surface area contributed by atoms with E-state index in [2.05, 4.69) is 22.0 Å². The number of benzene rings is 1. The lowest BCUT2D eigenvalue weighted by molar-refractivity contribution is 0.0675. The highest BCUT2D eigenvalue weighted by Crippen LogP contribution is 2.40. The zero-order valence-corrected chi connectivity index (χ0v) is 16.4. The maximum atomic E-state index is 12.9. The molecule has 1 unspecified atom stereocenters. The van der Waals surface area contributed by atoms with Gasteiger partial charge >= 0.3 is 0 Å². The van der Waals surface area contributed by atoms with Crippen LogP contribution < -0.4 is 10.5 Å².